The van der Waals surface area contributed by atoms with E-state index in [4.69, 9.17) is 9.47 Å². The number of hydrogen-bond donors (Lipinski definition) is 1. The highest BCUT2D eigenvalue weighted by molar-refractivity contribution is 9.10. The monoisotopic (exact) mass is 437 g/mol. The minimum Gasteiger partial charge on any atom is -0.482 e. The van der Waals surface area contributed by atoms with E-state index in [1.807, 2.05) is 0 Å². The zero-order valence-corrected chi connectivity index (χ0v) is 16.2. The quantitative estimate of drug-likeness (QED) is 0.526. The van der Waals surface area contributed by atoms with Gasteiger partial charge in [-0.2, -0.15) is 0 Å². The molecule has 0 spiro atoms. The molecule has 0 radical (unpaired) electrons. The lowest BCUT2D eigenvalue weighted by Gasteiger charge is -2.14. The van der Waals surface area contributed by atoms with E-state index in [2.05, 4.69) is 21.2 Å². The SMILES string of the molecule is CC(=O)c1ccc(OCC(=O)OC(C)C(=O)Nc2ccc(Br)cc2F)cc1. The van der Waals surface area contributed by atoms with Crippen molar-refractivity contribution in [2.24, 2.45) is 0 Å². The first kappa shape index (κ1) is 20.6. The Kier molecular flexibility index (Phi) is 7.06. The van der Waals surface area contributed by atoms with Crippen molar-refractivity contribution in [1.82, 2.24) is 0 Å². The Balaban J connectivity index is 1.83. The number of carbonyl (C=O) groups is 3. The fourth-order valence-corrected chi connectivity index (χ4v) is 2.37. The van der Waals surface area contributed by atoms with Gasteiger partial charge in [0.15, 0.2) is 18.5 Å². The lowest BCUT2D eigenvalue weighted by Crippen LogP contribution is -2.32. The summed E-state index contributed by atoms with van der Waals surface area (Å²) < 4.78 is 24.5. The number of hydrogen-bond acceptors (Lipinski definition) is 5. The highest BCUT2D eigenvalue weighted by atomic mass is 79.9. The van der Waals surface area contributed by atoms with Gasteiger partial charge in [-0.3, -0.25) is 9.59 Å². The second-order valence-electron chi connectivity index (χ2n) is 5.61. The molecule has 142 valence electrons. The third kappa shape index (κ3) is 6.18. The van der Waals surface area contributed by atoms with E-state index in [1.54, 1.807) is 30.3 Å². The number of ether oxygens (including phenoxy) is 2. The van der Waals surface area contributed by atoms with Crippen molar-refractivity contribution in [3.05, 3.63) is 58.3 Å². The standard InChI is InChI=1S/C19H17BrFNO5/c1-11(23)13-3-6-15(7-4-13)26-10-18(24)27-12(2)19(25)22-17-8-5-14(20)9-16(17)21/h3-9,12H,10H2,1-2H3,(H,22,25). The predicted molar refractivity (Wildman–Crippen MR) is 100 cm³/mol. The molecule has 2 rings (SSSR count). The summed E-state index contributed by atoms with van der Waals surface area (Å²) in [5.41, 5.74) is 0.503. The van der Waals surface area contributed by atoms with Gasteiger partial charge in [-0.1, -0.05) is 15.9 Å². The van der Waals surface area contributed by atoms with Crippen LogP contribution in [-0.4, -0.2) is 30.4 Å². The molecule has 0 saturated carbocycles. The molecule has 1 N–H and O–H groups in total. The topological polar surface area (TPSA) is 81.7 Å². The van der Waals surface area contributed by atoms with Crippen molar-refractivity contribution in [3.63, 3.8) is 0 Å². The van der Waals surface area contributed by atoms with Crippen LogP contribution in [-0.2, 0) is 14.3 Å². The second kappa shape index (κ2) is 9.27. The lowest BCUT2D eigenvalue weighted by atomic mass is 10.1. The molecule has 2 aromatic rings. The normalized spacial score (nSPS) is 11.4. The molecular weight excluding hydrogens is 421 g/mol. The van der Waals surface area contributed by atoms with Crippen molar-refractivity contribution in [2.45, 2.75) is 20.0 Å². The molecular formula is C19H17BrFNO5. The highest BCUT2D eigenvalue weighted by Gasteiger charge is 2.19. The molecule has 8 heteroatoms. The number of carbonyl (C=O) groups excluding carboxylic acids is 3. The van der Waals surface area contributed by atoms with Gasteiger partial charge in [-0.15, -0.1) is 0 Å². The Bertz CT molecular complexity index is 854. The largest absolute Gasteiger partial charge is 0.482 e. The first-order chi connectivity index (χ1) is 12.8. The molecule has 2 aromatic carbocycles. The van der Waals surface area contributed by atoms with Gasteiger partial charge in [-0.05, 0) is 56.3 Å². The Morgan fingerprint density at radius 2 is 1.81 bits per heavy atom. The molecule has 1 atom stereocenters. The Morgan fingerprint density at radius 3 is 2.41 bits per heavy atom. The number of halogens is 2. The molecule has 0 heterocycles. The van der Waals surface area contributed by atoms with E-state index < -0.39 is 30.4 Å². The number of anilines is 1. The number of amides is 1. The molecule has 0 aromatic heterocycles. The average Bonchev–Trinajstić information content (AvgIpc) is 2.62. The van der Waals surface area contributed by atoms with Crippen molar-refractivity contribution in [2.75, 3.05) is 11.9 Å². The molecule has 0 aliphatic rings. The minimum absolute atomic E-state index is 0.0205. The molecule has 1 amide bonds. The third-order valence-corrected chi connectivity index (χ3v) is 3.98. The maximum Gasteiger partial charge on any atom is 0.344 e. The summed E-state index contributed by atoms with van der Waals surface area (Å²) in [6.07, 6.45) is -1.13. The molecule has 0 aliphatic heterocycles. The maximum absolute atomic E-state index is 13.7. The van der Waals surface area contributed by atoms with Crippen LogP contribution >= 0.6 is 15.9 Å². The molecule has 0 bridgehead atoms. The van der Waals surface area contributed by atoms with Crippen LogP contribution in [0.15, 0.2) is 46.9 Å². The van der Waals surface area contributed by atoms with E-state index in [0.29, 0.717) is 15.8 Å². The van der Waals surface area contributed by atoms with E-state index in [-0.39, 0.29) is 11.5 Å². The van der Waals surface area contributed by atoms with Gasteiger partial charge in [0.2, 0.25) is 0 Å². The maximum atomic E-state index is 13.7. The summed E-state index contributed by atoms with van der Waals surface area (Å²) in [6, 6.07) is 10.4. The van der Waals surface area contributed by atoms with E-state index in [1.165, 1.54) is 26.0 Å². The fourth-order valence-electron chi connectivity index (χ4n) is 2.04. The summed E-state index contributed by atoms with van der Waals surface area (Å²) in [6.45, 7) is 2.40. The smallest absolute Gasteiger partial charge is 0.344 e. The van der Waals surface area contributed by atoms with Gasteiger partial charge in [0.1, 0.15) is 11.6 Å². The Hall–Kier alpha value is -2.74. The Morgan fingerprint density at radius 1 is 1.15 bits per heavy atom. The van der Waals surface area contributed by atoms with Crippen molar-refractivity contribution in [1.29, 1.82) is 0 Å². The zero-order valence-electron chi connectivity index (χ0n) is 14.6. The summed E-state index contributed by atoms with van der Waals surface area (Å²) in [5.74, 6) is -1.75. The minimum atomic E-state index is -1.13. The van der Waals surface area contributed by atoms with E-state index >= 15 is 0 Å². The van der Waals surface area contributed by atoms with Crippen LogP contribution in [0.1, 0.15) is 24.2 Å². The van der Waals surface area contributed by atoms with Crippen molar-refractivity contribution < 1.29 is 28.2 Å². The first-order valence-corrected chi connectivity index (χ1v) is 8.74. The van der Waals surface area contributed by atoms with Crippen molar-refractivity contribution >= 4 is 39.3 Å². The van der Waals surface area contributed by atoms with Gasteiger partial charge in [0, 0.05) is 10.0 Å². The number of nitrogens with one attached hydrogen (secondary N) is 1. The predicted octanol–water partition coefficient (Wildman–Crippen LogP) is 3.74. The molecule has 27 heavy (non-hydrogen) atoms. The van der Waals surface area contributed by atoms with Crippen LogP contribution in [0.2, 0.25) is 0 Å². The number of benzene rings is 2. The summed E-state index contributed by atoms with van der Waals surface area (Å²) in [5, 5.41) is 2.35. The van der Waals surface area contributed by atoms with Crippen LogP contribution in [0.5, 0.6) is 5.75 Å². The van der Waals surface area contributed by atoms with Gasteiger partial charge < -0.3 is 14.8 Å². The van der Waals surface area contributed by atoms with Crippen molar-refractivity contribution in [3.8, 4) is 5.75 Å². The molecule has 0 aliphatic carbocycles. The second-order valence-corrected chi connectivity index (χ2v) is 6.53. The van der Waals surface area contributed by atoms with Gasteiger partial charge in [-0.25, -0.2) is 9.18 Å². The Labute approximate surface area is 163 Å². The number of esters is 1. The number of ketones is 1. The van der Waals surface area contributed by atoms with Gasteiger partial charge >= 0.3 is 5.97 Å². The third-order valence-electron chi connectivity index (χ3n) is 3.48. The first-order valence-electron chi connectivity index (χ1n) is 7.95. The van der Waals surface area contributed by atoms with Crippen LogP contribution in [0.4, 0.5) is 10.1 Å². The van der Waals surface area contributed by atoms with Gasteiger partial charge in [0.05, 0.1) is 5.69 Å². The number of Topliss-reactive ketones (excluding diaryl/α,β-unsaturated/α-hetero) is 1. The van der Waals surface area contributed by atoms with E-state index in [9.17, 15) is 18.8 Å². The highest BCUT2D eigenvalue weighted by Crippen LogP contribution is 2.19. The number of rotatable bonds is 7. The zero-order chi connectivity index (χ0) is 20.0. The fraction of sp³-hybridized carbons (Fsp3) is 0.211. The molecule has 0 fully saturated rings. The summed E-state index contributed by atoms with van der Waals surface area (Å²) >= 11 is 3.12. The van der Waals surface area contributed by atoms with Gasteiger partial charge in [0.25, 0.3) is 5.91 Å². The summed E-state index contributed by atoms with van der Waals surface area (Å²) in [7, 11) is 0. The summed E-state index contributed by atoms with van der Waals surface area (Å²) in [4.78, 5) is 35.0. The molecule has 0 saturated heterocycles. The lowest BCUT2D eigenvalue weighted by molar-refractivity contribution is -0.155. The van der Waals surface area contributed by atoms with Crippen LogP contribution < -0.4 is 10.1 Å². The van der Waals surface area contributed by atoms with Crippen LogP contribution in [0.3, 0.4) is 0 Å². The van der Waals surface area contributed by atoms with Crippen LogP contribution in [0, 0.1) is 5.82 Å². The molecule has 6 nitrogen and oxygen atoms in total. The molecule has 1 unspecified atom stereocenters. The average molecular weight is 438 g/mol. The van der Waals surface area contributed by atoms with Crippen LogP contribution in [0.25, 0.3) is 0 Å². The van der Waals surface area contributed by atoms with E-state index in [0.717, 1.165) is 0 Å².